The van der Waals surface area contributed by atoms with Crippen LogP contribution in [0.4, 0.5) is 0 Å². The molecule has 0 unspecified atom stereocenters. The standard InChI is InChI=1S/C6H14O4.C4H6O3.C4H6O2/c7-1-3-9-5-6-10-4-2-8;1-3(2)4(5)7-6;1-3(2)4(5)6/h7-8H,1-6H2;6H,1H2,2H3;1H2,2H3,(H,5,6). The first-order chi connectivity index (χ1) is 10.7. The number of ether oxygens (including phenoxy) is 2. The zero-order valence-electron chi connectivity index (χ0n) is 13.5. The van der Waals surface area contributed by atoms with Crippen molar-refractivity contribution >= 4 is 11.9 Å². The number of carboxylic acid groups (broad SMARTS) is 1. The summed E-state index contributed by atoms with van der Waals surface area (Å²) in [7, 11) is 0. The highest BCUT2D eigenvalue weighted by Gasteiger charge is 1.98. The number of aliphatic hydroxyl groups is 2. The van der Waals surface area contributed by atoms with Gasteiger partial charge in [0, 0.05) is 11.1 Å². The quantitative estimate of drug-likeness (QED) is 0.201. The minimum absolute atomic E-state index is 0.0417. The van der Waals surface area contributed by atoms with Crippen LogP contribution >= 0.6 is 0 Å². The Labute approximate surface area is 135 Å². The molecule has 0 aromatic rings. The first-order valence-corrected chi connectivity index (χ1v) is 6.51. The Morgan fingerprint density at radius 3 is 1.35 bits per heavy atom. The second-order valence-electron chi connectivity index (χ2n) is 3.92. The number of aliphatic carboxylic acids is 1. The second kappa shape index (κ2) is 20.2. The number of hydrogen-bond donors (Lipinski definition) is 4. The molecule has 0 saturated carbocycles. The van der Waals surface area contributed by atoms with Gasteiger partial charge in [0.15, 0.2) is 0 Å². The lowest BCUT2D eigenvalue weighted by atomic mass is 10.4. The van der Waals surface area contributed by atoms with E-state index in [-0.39, 0.29) is 24.4 Å². The molecule has 0 aliphatic rings. The minimum Gasteiger partial charge on any atom is -0.478 e. The van der Waals surface area contributed by atoms with Crippen molar-refractivity contribution in [3.05, 3.63) is 24.3 Å². The van der Waals surface area contributed by atoms with Crippen LogP contribution < -0.4 is 0 Å². The van der Waals surface area contributed by atoms with Crippen LogP contribution in [0.25, 0.3) is 0 Å². The van der Waals surface area contributed by atoms with E-state index < -0.39 is 11.9 Å². The molecule has 0 spiro atoms. The maximum absolute atomic E-state index is 9.94. The van der Waals surface area contributed by atoms with Crippen molar-refractivity contribution < 1.29 is 44.5 Å². The maximum atomic E-state index is 9.94. The van der Waals surface area contributed by atoms with Crippen LogP contribution in [0.5, 0.6) is 0 Å². The van der Waals surface area contributed by atoms with Crippen LogP contribution in [0, 0.1) is 0 Å². The Morgan fingerprint density at radius 1 is 0.870 bits per heavy atom. The minimum atomic E-state index is -0.935. The Hall–Kier alpha value is -1.78. The van der Waals surface area contributed by atoms with Crippen molar-refractivity contribution in [3.8, 4) is 0 Å². The summed E-state index contributed by atoms with van der Waals surface area (Å²) in [6, 6.07) is 0. The normalized spacial score (nSPS) is 8.74. The van der Waals surface area contributed by atoms with Crippen LogP contribution in [0.2, 0.25) is 0 Å². The SMILES string of the molecule is C=C(C)C(=O)O.C=C(C)C(=O)OO.OCCOCCOCCO. The molecular weight excluding hydrogens is 312 g/mol. The fourth-order valence-corrected chi connectivity index (χ4v) is 0.529. The van der Waals surface area contributed by atoms with E-state index in [9.17, 15) is 9.59 Å². The third-order valence-electron chi connectivity index (χ3n) is 1.64. The maximum Gasteiger partial charge on any atom is 0.367 e. The van der Waals surface area contributed by atoms with E-state index in [0.717, 1.165) is 0 Å². The molecule has 0 aromatic carbocycles. The van der Waals surface area contributed by atoms with Crippen LogP contribution in [0.3, 0.4) is 0 Å². The Balaban J connectivity index is -0.000000272. The molecule has 0 heterocycles. The summed E-state index contributed by atoms with van der Waals surface area (Å²) in [5.41, 5.74) is 0.359. The molecule has 0 fully saturated rings. The first-order valence-electron chi connectivity index (χ1n) is 6.51. The lowest BCUT2D eigenvalue weighted by Gasteiger charge is -2.01. The number of rotatable bonds is 9. The summed E-state index contributed by atoms with van der Waals surface area (Å²) < 4.78 is 9.75. The zero-order valence-corrected chi connectivity index (χ0v) is 13.5. The van der Waals surface area contributed by atoms with Gasteiger partial charge in [0.1, 0.15) is 0 Å². The number of hydrogen-bond acceptors (Lipinski definition) is 8. The van der Waals surface area contributed by atoms with Gasteiger partial charge in [-0.25, -0.2) is 9.59 Å². The lowest BCUT2D eigenvalue weighted by molar-refractivity contribution is -0.229. The van der Waals surface area contributed by atoms with Crippen molar-refractivity contribution in [1.29, 1.82) is 0 Å². The van der Waals surface area contributed by atoms with Crippen molar-refractivity contribution in [3.63, 3.8) is 0 Å². The van der Waals surface area contributed by atoms with Gasteiger partial charge in [-0.1, -0.05) is 13.2 Å². The molecule has 0 aromatic heterocycles. The third kappa shape index (κ3) is 29.0. The van der Waals surface area contributed by atoms with Crippen molar-refractivity contribution in [2.24, 2.45) is 0 Å². The summed E-state index contributed by atoms with van der Waals surface area (Å²) in [6.45, 7) is 11.0. The first kappa shape index (κ1) is 26.1. The van der Waals surface area contributed by atoms with Gasteiger partial charge >= 0.3 is 11.9 Å². The van der Waals surface area contributed by atoms with Crippen LogP contribution in [0.1, 0.15) is 13.8 Å². The zero-order chi connectivity index (χ0) is 18.7. The highest BCUT2D eigenvalue weighted by atomic mass is 17.1. The average Bonchev–Trinajstić information content (AvgIpc) is 2.51. The van der Waals surface area contributed by atoms with E-state index in [1.807, 2.05) is 0 Å². The predicted octanol–water partition coefficient (Wildman–Crippen LogP) is 0.230. The fraction of sp³-hybridized carbons (Fsp3) is 0.571. The molecule has 0 aliphatic heterocycles. The molecule has 0 aliphatic carbocycles. The number of carbonyl (C=O) groups excluding carboxylic acids is 1. The number of carbonyl (C=O) groups is 2. The van der Waals surface area contributed by atoms with Crippen molar-refractivity contribution in [2.75, 3.05) is 39.6 Å². The topological polar surface area (TPSA) is 143 Å². The predicted molar refractivity (Wildman–Crippen MR) is 81.8 cm³/mol. The van der Waals surface area contributed by atoms with Crippen molar-refractivity contribution in [2.45, 2.75) is 13.8 Å². The summed E-state index contributed by atoms with van der Waals surface area (Å²) in [5, 5.41) is 32.0. The van der Waals surface area contributed by atoms with E-state index in [4.69, 9.17) is 30.1 Å². The summed E-state index contributed by atoms with van der Waals surface area (Å²) in [4.78, 5) is 22.8. The molecule has 9 heteroatoms. The van der Waals surface area contributed by atoms with E-state index >= 15 is 0 Å². The molecule has 0 amide bonds. The molecule has 9 nitrogen and oxygen atoms in total. The van der Waals surface area contributed by atoms with Crippen LogP contribution in [-0.4, -0.2) is 72.2 Å². The van der Waals surface area contributed by atoms with Gasteiger partial charge in [-0.3, -0.25) is 4.89 Å². The molecule has 0 bridgehead atoms. The second-order valence-corrected chi connectivity index (χ2v) is 3.92. The van der Waals surface area contributed by atoms with Gasteiger partial charge < -0.3 is 24.8 Å². The monoisotopic (exact) mass is 338 g/mol. The number of carboxylic acids is 1. The summed E-state index contributed by atoms with van der Waals surface area (Å²) >= 11 is 0. The summed E-state index contributed by atoms with van der Waals surface area (Å²) in [5.74, 6) is -1.73. The van der Waals surface area contributed by atoms with Gasteiger partial charge in [-0.15, -0.1) is 0 Å². The molecule has 0 radical (unpaired) electrons. The smallest absolute Gasteiger partial charge is 0.367 e. The summed E-state index contributed by atoms with van der Waals surface area (Å²) in [6.07, 6.45) is 0. The number of aliphatic hydroxyl groups excluding tert-OH is 2. The molecule has 0 saturated heterocycles. The van der Waals surface area contributed by atoms with E-state index in [1.165, 1.54) is 13.8 Å². The molecule has 4 N–H and O–H groups in total. The molecule has 23 heavy (non-hydrogen) atoms. The molecule has 136 valence electrons. The van der Waals surface area contributed by atoms with Crippen molar-refractivity contribution in [1.82, 2.24) is 0 Å². The lowest BCUT2D eigenvalue weighted by Crippen LogP contribution is -2.09. The van der Waals surface area contributed by atoms with Gasteiger partial charge in [-0.05, 0) is 13.8 Å². The highest BCUT2D eigenvalue weighted by Crippen LogP contribution is 1.86. The van der Waals surface area contributed by atoms with Gasteiger partial charge in [-0.2, -0.15) is 5.26 Å². The molecule has 0 rings (SSSR count). The van der Waals surface area contributed by atoms with Gasteiger partial charge in [0.2, 0.25) is 0 Å². The largest absolute Gasteiger partial charge is 0.478 e. The van der Waals surface area contributed by atoms with E-state index in [1.54, 1.807) is 0 Å². The Bertz CT molecular complexity index is 319. The highest BCUT2D eigenvalue weighted by molar-refractivity contribution is 5.86. The van der Waals surface area contributed by atoms with E-state index in [0.29, 0.717) is 26.4 Å². The van der Waals surface area contributed by atoms with Gasteiger partial charge in [0.25, 0.3) is 0 Å². The van der Waals surface area contributed by atoms with Gasteiger partial charge in [0.05, 0.1) is 39.6 Å². The average molecular weight is 338 g/mol. The molecule has 0 atom stereocenters. The van der Waals surface area contributed by atoms with Crippen LogP contribution in [-0.2, 0) is 24.0 Å². The fourth-order valence-electron chi connectivity index (χ4n) is 0.529. The molecular formula is C14H26O9. The Morgan fingerprint density at radius 2 is 1.22 bits per heavy atom. The Kier molecular flexibility index (Phi) is 23.0. The third-order valence-corrected chi connectivity index (χ3v) is 1.64. The van der Waals surface area contributed by atoms with E-state index in [2.05, 4.69) is 18.0 Å². The van der Waals surface area contributed by atoms with Crippen LogP contribution in [0.15, 0.2) is 24.3 Å².